The van der Waals surface area contributed by atoms with Crippen LogP contribution in [0, 0.1) is 6.92 Å². The summed E-state index contributed by atoms with van der Waals surface area (Å²) in [6.45, 7) is 1.67. The Morgan fingerprint density at radius 3 is 2.47 bits per heavy atom. The first-order valence-corrected chi connectivity index (χ1v) is 5.48. The monoisotopic (exact) mass is 270 g/mol. The van der Waals surface area contributed by atoms with E-state index in [1.807, 2.05) is 0 Å². The molecule has 0 unspecified atom stereocenters. The van der Waals surface area contributed by atoms with E-state index in [0.29, 0.717) is 21.4 Å². The first-order valence-electron chi connectivity index (χ1n) is 4.72. The Bertz CT molecular complexity index is 547. The molecule has 2 aromatic rings. The quantitative estimate of drug-likeness (QED) is 0.882. The third-order valence-electron chi connectivity index (χ3n) is 2.14. The maximum absolute atomic E-state index is 11.8. The minimum Gasteiger partial charge on any atom is -0.318 e. The van der Waals surface area contributed by atoms with Crippen molar-refractivity contribution >= 4 is 34.8 Å². The van der Waals surface area contributed by atoms with Gasteiger partial charge in [0.1, 0.15) is 0 Å². The Balaban J connectivity index is 2.28. The van der Waals surface area contributed by atoms with Crippen LogP contribution in [0.3, 0.4) is 0 Å². The average Bonchev–Trinajstić information content (AvgIpc) is 2.70. The molecule has 5 nitrogen and oxygen atoms in total. The number of amides is 1. The molecule has 1 amide bonds. The number of benzene rings is 1. The molecule has 0 atom stereocenters. The van der Waals surface area contributed by atoms with E-state index in [4.69, 9.17) is 23.2 Å². The van der Waals surface area contributed by atoms with Crippen molar-refractivity contribution in [3.63, 3.8) is 0 Å². The highest BCUT2D eigenvalue weighted by Gasteiger charge is 2.16. The molecule has 0 spiro atoms. The molecule has 0 fully saturated rings. The molecule has 2 rings (SSSR count). The van der Waals surface area contributed by atoms with Crippen molar-refractivity contribution in [1.82, 2.24) is 15.4 Å². The highest BCUT2D eigenvalue weighted by atomic mass is 35.5. The molecular weight excluding hydrogens is 263 g/mol. The smallest absolute Gasteiger partial charge is 0.278 e. The number of halogens is 2. The summed E-state index contributed by atoms with van der Waals surface area (Å²) >= 11 is 11.9. The van der Waals surface area contributed by atoms with Crippen molar-refractivity contribution in [1.29, 1.82) is 0 Å². The molecule has 0 saturated heterocycles. The van der Waals surface area contributed by atoms with Gasteiger partial charge in [-0.3, -0.25) is 4.79 Å². The van der Waals surface area contributed by atoms with E-state index in [0.717, 1.165) is 0 Å². The Morgan fingerprint density at radius 2 is 1.94 bits per heavy atom. The van der Waals surface area contributed by atoms with Gasteiger partial charge in [-0.2, -0.15) is 15.4 Å². The number of hydrogen-bond donors (Lipinski definition) is 2. The lowest BCUT2D eigenvalue weighted by atomic mass is 10.3. The van der Waals surface area contributed by atoms with Crippen LogP contribution in [0.1, 0.15) is 16.2 Å². The van der Waals surface area contributed by atoms with Gasteiger partial charge in [0.25, 0.3) is 5.91 Å². The first kappa shape index (κ1) is 11.9. The van der Waals surface area contributed by atoms with Crippen LogP contribution in [0.2, 0.25) is 10.0 Å². The fourth-order valence-corrected chi connectivity index (χ4v) is 1.78. The maximum atomic E-state index is 11.8. The molecule has 0 aliphatic heterocycles. The van der Waals surface area contributed by atoms with Gasteiger partial charge in [-0.25, -0.2) is 0 Å². The van der Waals surface area contributed by atoms with Crippen LogP contribution in [0.4, 0.5) is 5.69 Å². The number of nitrogens with one attached hydrogen (secondary N) is 2. The number of H-pyrrole nitrogens is 1. The average molecular weight is 271 g/mol. The van der Waals surface area contributed by atoms with E-state index >= 15 is 0 Å². The zero-order valence-electron chi connectivity index (χ0n) is 8.79. The van der Waals surface area contributed by atoms with Crippen molar-refractivity contribution < 1.29 is 4.79 Å². The number of anilines is 1. The number of carbonyl (C=O) groups excluding carboxylic acids is 1. The molecule has 1 heterocycles. The number of aromatic nitrogens is 3. The number of aryl methyl sites for hydroxylation is 1. The topological polar surface area (TPSA) is 70.7 Å². The van der Waals surface area contributed by atoms with Crippen LogP contribution in [0.15, 0.2) is 18.2 Å². The van der Waals surface area contributed by atoms with Crippen molar-refractivity contribution in [2.45, 2.75) is 6.92 Å². The predicted octanol–water partition coefficient (Wildman–Crippen LogP) is 2.67. The van der Waals surface area contributed by atoms with Gasteiger partial charge in [-0.1, -0.05) is 29.3 Å². The van der Waals surface area contributed by atoms with Gasteiger partial charge < -0.3 is 5.32 Å². The van der Waals surface area contributed by atoms with Gasteiger partial charge in [-0.15, -0.1) is 0 Å². The van der Waals surface area contributed by atoms with Gasteiger partial charge in [0.15, 0.2) is 5.69 Å². The minimum atomic E-state index is -0.411. The Morgan fingerprint density at radius 1 is 1.29 bits per heavy atom. The van der Waals surface area contributed by atoms with Crippen LogP contribution in [0.5, 0.6) is 0 Å². The van der Waals surface area contributed by atoms with E-state index in [1.54, 1.807) is 25.1 Å². The summed E-state index contributed by atoms with van der Waals surface area (Å²) in [5.74, 6) is -0.411. The molecule has 1 aromatic heterocycles. The fourth-order valence-electron chi connectivity index (χ4n) is 1.29. The summed E-state index contributed by atoms with van der Waals surface area (Å²) in [7, 11) is 0. The molecule has 7 heteroatoms. The first-order chi connectivity index (χ1) is 8.09. The molecule has 0 bridgehead atoms. The number of aromatic amines is 1. The lowest BCUT2D eigenvalue weighted by Gasteiger charge is -2.07. The van der Waals surface area contributed by atoms with E-state index in [9.17, 15) is 4.79 Å². The summed E-state index contributed by atoms with van der Waals surface area (Å²) in [6.07, 6.45) is 0. The number of carbonyl (C=O) groups is 1. The number of para-hydroxylation sites is 1. The third-order valence-corrected chi connectivity index (χ3v) is 2.77. The van der Waals surface area contributed by atoms with Crippen LogP contribution >= 0.6 is 23.2 Å². The van der Waals surface area contributed by atoms with Crippen molar-refractivity contribution in [2.24, 2.45) is 0 Å². The Labute approximate surface area is 107 Å². The highest BCUT2D eigenvalue weighted by molar-refractivity contribution is 6.40. The van der Waals surface area contributed by atoms with Gasteiger partial charge in [0.05, 0.1) is 21.4 Å². The molecule has 1 aromatic carbocycles. The van der Waals surface area contributed by atoms with Crippen LogP contribution in [0.25, 0.3) is 0 Å². The molecular formula is C10H8Cl2N4O. The van der Waals surface area contributed by atoms with Gasteiger partial charge in [0, 0.05) is 0 Å². The zero-order chi connectivity index (χ0) is 12.4. The largest absolute Gasteiger partial charge is 0.318 e. The molecule has 0 aliphatic carbocycles. The molecule has 88 valence electrons. The second-order valence-corrected chi connectivity index (χ2v) is 4.12. The Hall–Kier alpha value is -1.59. The Kier molecular flexibility index (Phi) is 3.31. The molecule has 17 heavy (non-hydrogen) atoms. The summed E-state index contributed by atoms with van der Waals surface area (Å²) in [5, 5.41) is 13.2. The molecule has 0 saturated carbocycles. The standard InChI is InChI=1S/C10H8Cl2N4O/c1-5-8(15-16-14-5)10(17)13-9-6(11)3-2-4-7(9)12/h2-4H,1H3,(H,13,17)(H,14,15,16). The highest BCUT2D eigenvalue weighted by Crippen LogP contribution is 2.30. The molecule has 2 N–H and O–H groups in total. The molecule has 0 radical (unpaired) electrons. The summed E-state index contributed by atoms with van der Waals surface area (Å²) < 4.78 is 0. The van der Waals surface area contributed by atoms with Crippen molar-refractivity contribution in [3.05, 3.63) is 39.6 Å². The predicted molar refractivity (Wildman–Crippen MR) is 65.5 cm³/mol. The SMILES string of the molecule is Cc1n[nH]nc1C(=O)Nc1c(Cl)cccc1Cl. The van der Waals surface area contributed by atoms with Crippen molar-refractivity contribution in [3.8, 4) is 0 Å². The lowest BCUT2D eigenvalue weighted by Crippen LogP contribution is -2.14. The second kappa shape index (κ2) is 4.73. The van der Waals surface area contributed by atoms with Gasteiger partial charge in [-0.05, 0) is 19.1 Å². The minimum absolute atomic E-state index is 0.209. The second-order valence-electron chi connectivity index (χ2n) is 3.31. The zero-order valence-corrected chi connectivity index (χ0v) is 10.3. The summed E-state index contributed by atoms with van der Waals surface area (Å²) in [5.41, 5.74) is 1.08. The number of nitrogens with zero attached hydrogens (tertiary/aromatic N) is 2. The number of rotatable bonds is 2. The van der Waals surface area contributed by atoms with Crippen LogP contribution < -0.4 is 5.32 Å². The van der Waals surface area contributed by atoms with Crippen LogP contribution in [-0.2, 0) is 0 Å². The van der Waals surface area contributed by atoms with Crippen molar-refractivity contribution in [2.75, 3.05) is 5.32 Å². The maximum Gasteiger partial charge on any atom is 0.278 e. The molecule has 0 aliphatic rings. The van der Waals surface area contributed by atoms with E-state index in [1.165, 1.54) is 0 Å². The van der Waals surface area contributed by atoms with Crippen LogP contribution in [-0.4, -0.2) is 21.3 Å². The van der Waals surface area contributed by atoms with E-state index in [-0.39, 0.29) is 5.69 Å². The fraction of sp³-hybridized carbons (Fsp3) is 0.100. The number of hydrogen-bond acceptors (Lipinski definition) is 3. The summed E-state index contributed by atoms with van der Waals surface area (Å²) in [6, 6.07) is 4.97. The lowest BCUT2D eigenvalue weighted by molar-refractivity contribution is 0.102. The van der Waals surface area contributed by atoms with E-state index in [2.05, 4.69) is 20.7 Å². The normalized spacial score (nSPS) is 10.3. The summed E-state index contributed by atoms with van der Waals surface area (Å²) in [4.78, 5) is 11.8. The van der Waals surface area contributed by atoms with Gasteiger partial charge in [0.2, 0.25) is 0 Å². The van der Waals surface area contributed by atoms with Gasteiger partial charge >= 0.3 is 0 Å². The van der Waals surface area contributed by atoms with E-state index < -0.39 is 5.91 Å². The third kappa shape index (κ3) is 2.40.